The number of aromatic nitrogens is 2. The fourth-order valence-electron chi connectivity index (χ4n) is 8.56. The summed E-state index contributed by atoms with van der Waals surface area (Å²) in [5.41, 5.74) is 1.96. The van der Waals surface area contributed by atoms with Crippen molar-refractivity contribution >= 4 is 27.5 Å². The molecular weight excluding hydrogens is 593 g/mol. The molecule has 2 aliphatic carbocycles. The number of piperazine rings is 1. The lowest BCUT2D eigenvalue weighted by molar-refractivity contribution is -0.115. The van der Waals surface area contributed by atoms with Crippen LogP contribution in [0, 0.1) is 23.6 Å². The van der Waals surface area contributed by atoms with Gasteiger partial charge in [-0.15, -0.1) is 6.42 Å². The van der Waals surface area contributed by atoms with E-state index in [0.717, 1.165) is 75.8 Å². The Morgan fingerprint density at radius 1 is 1.06 bits per heavy atom. The van der Waals surface area contributed by atoms with E-state index >= 15 is 4.39 Å². The minimum Gasteiger partial charge on any atom is -0.508 e. The summed E-state index contributed by atoms with van der Waals surface area (Å²) in [6.45, 7) is 5.66. The van der Waals surface area contributed by atoms with Crippen molar-refractivity contribution in [3.05, 3.63) is 53.8 Å². The predicted octanol–water partition coefficient (Wildman–Crippen LogP) is 5.63. The van der Waals surface area contributed by atoms with E-state index in [-0.39, 0.29) is 28.2 Å². The normalized spacial score (nSPS) is 24.4. The first-order chi connectivity index (χ1) is 22.9. The van der Waals surface area contributed by atoms with Crippen LogP contribution in [-0.4, -0.2) is 83.6 Å². The molecule has 9 heteroatoms. The van der Waals surface area contributed by atoms with Crippen molar-refractivity contribution in [1.82, 2.24) is 20.2 Å². The van der Waals surface area contributed by atoms with E-state index in [4.69, 9.17) is 25.9 Å². The number of phenolic OH excluding ortho intramolecular Hbond substituents is 1. The number of ether oxygens (including phenoxy) is 2. The Hall–Kier alpha value is -3.97. The third-order valence-corrected chi connectivity index (χ3v) is 11.5. The number of rotatable bonds is 7. The van der Waals surface area contributed by atoms with Gasteiger partial charge in [0.15, 0.2) is 5.82 Å². The summed E-state index contributed by atoms with van der Waals surface area (Å²) in [5, 5.41) is 16.4. The summed E-state index contributed by atoms with van der Waals surface area (Å²) in [6.07, 6.45) is 14.0. The summed E-state index contributed by atoms with van der Waals surface area (Å²) >= 11 is 0. The first kappa shape index (κ1) is 29.2. The number of hydrogen-bond donors (Lipinski definition) is 2. The second-order valence-corrected chi connectivity index (χ2v) is 14.6. The highest BCUT2D eigenvalue weighted by Gasteiger charge is 2.51. The summed E-state index contributed by atoms with van der Waals surface area (Å²) in [4.78, 5) is 14.7. The number of aromatic hydroxyl groups is 1. The fourth-order valence-corrected chi connectivity index (χ4v) is 8.56. The van der Waals surface area contributed by atoms with E-state index in [0.29, 0.717) is 46.6 Å². The van der Waals surface area contributed by atoms with Gasteiger partial charge in [0, 0.05) is 71.1 Å². The smallest absolute Gasteiger partial charge is 0.319 e. The van der Waals surface area contributed by atoms with Gasteiger partial charge in [0.2, 0.25) is 0 Å². The maximum absolute atomic E-state index is 16.9. The van der Waals surface area contributed by atoms with Crippen molar-refractivity contribution < 1.29 is 19.0 Å². The lowest BCUT2D eigenvalue weighted by atomic mass is 9.74. The molecule has 2 unspecified atom stereocenters. The van der Waals surface area contributed by atoms with Gasteiger partial charge in [0.25, 0.3) is 0 Å². The number of nitrogens with one attached hydrogen (secondary N) is 1. The molecule has 5 aliphatic rings. The Balaban J connectivity index is 1.10. The zero-order valence-electron chi connectivity index (χ0n) is 26.6. The van der Waals surface area contributed by atoms with E-state index in [1.165, 1.54) is 19.3 Å². The van der Waals surface area contributed by atoms with Crippen LogP contribution >= 0.6 is 0 Å². The minimum absolute atomic E-state index is 0.0449. The van der Waals surface area contributed by atoms with Crippen LogP contribution in [0.1, 0.15) is 50.5 Å². The van der Waals surface area contributed by atoms with Crippen molar-refractivity contribution in [2.45, 2.75) is 62.6 Å². The van der Waals surface area contributed by atoms with Gasteiger partial charge in [0.05, 0.1) is 19.8 Å². The first-order valence-electron chi connectivity index (χ1n) is 17.1. The van der Waals surface area contributed by atoms with E-state index < -0.39 is 5.82 Å². The van der Waals surface area contributed by atoms with E-state index in [2.05, 4.69) is 21.0 Å². The average Bonchev–Trinajstić information content (AvgIpc) is 3.75. The number of terminal acetylenes is 1. The van der Waals surface area contributed by atoms with Crippen molar-refractivity contribution in [2.24, 2.45) is 5.41 Å². The van der Waals surface area contributed by atoms with Crippen molar-refractivity contribution in [3.8, 4) is 35.2 Å². The third-order valence-electron chi connectivity index (χ3n) is 11.5. The lowest BCUT2D eigenvalue weighted by Gasteiger charge is -2.53. The quantitative estimate of drug-likeness (QED) is 0.254. The maximum atomic E-state index is 16.9. The molecule has 2 N–H and O–H groups in total. The molecule has 8 nitrogen and oxygen atoms in total. The molecule has 4 aromatic rings. The Labute approximate surface area is 274 Å². The number of fused-ring (bicyclic) bond motifs is 4. The van der Waals surface area contributed by atoms with Crippen LogP contribution in [0.4, 0.5) is 10.2 Å². The standard InChI is InChI=1S/C38H40FN5O3/c1-2-24-5-3-6-25-17-28(45)18-31(32(24)25)29-9-10-30-34(33(29)39)41-36(42-35(30)43-19-26-7-8-27(20-43)40-26)47-22-37(13-14-37)21-44-15-16-46-23-38(44)11-4-12-38/h1,3,5-6,9-10,17-18,26-27,40,45H,4,7-8,11-16,19-23H2. The topological polar surface area (TPSA) is 83.0 Å². The molecule has 3 aromatic carbocycles. The van der Waals surface area contributed by atoms with Gasteiger partial charge >= 0.3 is 6.01 Å². The highest BCUT2D eigenvalue weighted by Crippen LogP contribution is 2.50. The number of nitrogens with zero attached hydrogens (tertiary/aromatic N) is 4. The summed E-state index contributed by atoms with van der Waals surface area (Å²) in [5.74, 6) is 3.02. The van der Waals surface area contributed by atoms with Crippen LogP contribution in [0.3, 0.4) is 0 Å². The molecule has 0 radical (unpaired) electrons. The van der Waals surface area contributed by atoms with Crippen LogP contribution in [0.15, 0.2) is 42.5 Å². The van der Waals surface area contributed by atoms with Crippen LogP contribution in [0.5, 0.6) is 11.8 Å². The summed E-state index contributed by atoms with van der Waals surface area (Å²) in [7, 11) is 0. The molecule has 2 saturated carbocycles. The molecule has 47 heavy (non-hydrogen) atoms. The lowest BCUT2D eigenvalue weighted by Crippen LogP contribution is -2.62. The van der Waals surface area contributed by atoms with Gasteiger partial charge < -0.3 is 24.8 Å². The molecule has 2 bridgehead atoms. The number of phenols is 1. The molecule has 3 aliphatic heterocycles. The van der Waals surface area contributed by atoms with Gasteiger partial charge in [-0.1, -0.05) is 24.1 Å². The van der Waals surface area contributed by atoms with Crippen molar-refractivity contribution in [2.75, 3.05) is 50.9 Å². The number of hydrogen-bond acceptors (Lipinski definition) is 8. The second-order valence-electron chi connectivity index (χ2n) is 14.6. The van der Waals surface area contributed by atoms with E-state index in [1.807, 2.05) is 24.3 Å². The van der Waals surface area contributed by atoms with Gasteiger partial charge in [0.1, 0.15) is 17.1 Å². The maximum Gasteiger partial charge on any atom is 0.319 e. The average molecular weight is 634 g/mol. The Kier molecular flexibility index (Phi) is 6.86. The van der Waals surface area contributed by atoms with Gasteiger partial charge in [-0.2, -0.15) is 9.97 Å². The number of anilines is 1. The highest BCUT2D eigenvalue weighted by molar-refractivity contribution is 6.04. The predicted molar refractivity (Wildman–Crippen MR) is 180 cm³/mol. The molecule has 2 atom stereocenters. The Bertz CT molecular complexity index is 1920. The van der Waals surface area contributed by atoms with Crippen LogP contribution in [-0.2, 0) is 4.74 Å². The summed E-state index contributed by atoms with van der Waals surface area (Å²) in [6, 6.07) is 13.4. The van der Waals surface area contributed by atoms with E-state index in [1.54, 1.807) is 18.2 Å². The Morgan fingerprint density at radius 2 is 1.89 bits per heavy atom. The number of benzene rings is 3. The SMILES string of the molecule is C#Cc1cccc2cc(O)cc(-c3ccc4c(N5CC6CCC(C5)N6)nc(OCC5(CN6CCOCC67CCC7)CC5)nc4c3F)c12. The molecule has 9 rings (SSSR count). The molecule has 5 fully saturated rings. The van der Waals surface area contributed by atoms with Gasteiger partial charge in [-0.3, -0.25) is 4.90 Å². The summed E-state index contributed by atoms with van der Waals surface area (Å²) < 4.78 is 29.3. The first-order valence-corrected chi connectivity index (χ1v) is 17.1. The largest absolute Gasteiger partial charge is 0.508 e. The van der Waals surface area contributed by atoms with Gasteiger partial charge in [-0.05, 0) is 80.2 Å². The number of halogens is 1. The molecular formula is C38H40FN5O3. The zero-order chi connectivity index (χ0) is 31.8. The van der Waals surface area contributed by atoms with Gasteiger partial charge in [-0.25, -0.2) is 4.39 Å². The zero-order valence-corrected chi connectivity index (χ0v) is 26.6. The molecule has 4 heterocycles. The van der Waals surface area contributed by atoms with Crippen molar-refractivity contribution in [1.29, 1.82) is 0 Å². The second kappa shape index (κ2) is 11.0. The van der Waals surface area contributed by atoms with Crippen LogP contribution in [0.25, 0.3) is 32.8 Å². The third kappa shape index (κ3) is 5.00. The van der Waals surface area contributed by atoms with Crippen molar-refractivity contribution in [3.63, 3.8) is 0 Å². The Morgan fingerprint density at radius 3 is 2.64 bits per heavy atom. The molecule has 1 aromatic heterocycles. The molecule has 1 spiro atoms. The minimum atomic E-state index is -0.478. The van der Waals surface area contributed by atoms with E-state index in [9.17, 15) is 5.11 Å². The fraction of sp³-hybridized carbons (Fsp3) is 0.474. The monoisotopic (exact) mass is 633 g/mol. The van der Waals surface area contributed by atoms with Crippen LogP contribution in [0.2, 0.25) is 0 Å². The molecule has 3 saturated heterocycles. The highest BCUT2D eigenvalue weighted by atomic mass is 19.1. The van der Waals surface area contributed by atoms with Crippen LogP contribution < -0.4 is 15.0 Å². The molecule has 242 valence electrons. The number of morpholine rings is 1. The molecule has 0 amide bonds.